The number of nitrogens with zero attached hydrogens (tertiary/aromatic N) is 4. The van der Waals surface area contributed by atoms with Crippen LogP contribution in [0.3, 0.4) is 0 Å². The van der Waals surface area contributed by atoms with E-state index in [0.717, 1.165) is 0 Å². The molecule has 0 aromatic carbocycles. The third kappa shape index (κ3) is 2.21. The minimum Gasteiger partial charge on any atom is -0.306 e. The van der Waals surface area contributed by atoms with Crippen LogP contribution in [0, 0.1) is 0 Å². The molecule has 0 atom stereocenters. The van der Waals surface area contributed by atoms with E-state index in [2.05, 4.69) is 10.1 Å². The molecule has 0 saturated heterocycles. The average molecular weight is 318 g/mol. The Morgan fingerprint density at radius 1 is 1.18 bits per heavy atom. The molecule has 0 amide bonds. The van der Waals surface area contributed by atoms with Crippen LogP contribution in [0.1, 0.15) is 20.8 Å². The van der Waals surface area contributed by atoms with Crippen LogP contribution in [0.2, 0.25) is 0 Å². The maximum atomic E-state index is 13.0. The van der Waals surface area contributed by atoms with Crippen molar-refractivity contribution in [3.05, 3.63) is 36.9 Å². The normalized spacial score (nSPS) is 12.9. The number of pyridine rings is 1. The topological polar surface area (TPSA) is 69.3 Å². The average Bonchev–Trinajstić information content (AvgIpc) is 3.03. The number of aryl methyl sites for hydroxylation is 1. The molecule has 3 aromatic heterocycles. The SMILES string of the molecule is Cn1ccc(-c2cc3nccn3cc2S(=O)(=O)C(C)(C)C)n1. The molecule has 0 aliphatic rings. The van der Waals surface area contributed by atoms with Crippen molar-refractivity contribution in [1.29, 1.82) is 0 Å². The van der Waals surface area contributed by atoms with E-state index in [-0.39, 0.29) is 4.90 Å². The zero-order valence-electron chi connectivity index (χ0n) is 13.0. The van der Waals surface area contributed by atoms with E-state index in [1.165, 1.54) is 0 Å². The lowest BCUT2D eigenvalue weighted by molar-refractivity contribution is 0.560. The monoisotopic (exact) mass is 318 g/mol. The summed E-state index contributed by atoms with van der Waals surface area (Å²) in [6.07, 6.45) is 6.79. The maximum Gasteiger partial charge on any atom is 0.185 e. The van der Waals surface area contributed by atoms with Gasteiger partial charge < -0.3 is 4.40 Å². The molecule has 22 heavy (non-hydrogen) atoms. The summed E-state index contributed by atoms with van der Waals surface area (Å²) in [6.45, 7) is 5.09. The number of hydrogen-bond donors (Lipinski definition) is 0. The molecule has 0 unspecified atom stereocenters. The van der Waals surface area contributed by atoms with E-state index >= 15 is 0 Å². The van der Waals surface area contributed by atoms with Gasteiger partial charge in [0.15, 0.2) is 9.84 Å². The van der Waals surface area contributed by atoms with Crippen LogP contribution < -0.4 is 0 Å². The second kappa shape index (κ2) is 4.67. The molecule has 0 aliphatic heterocycles. The first-order chi connectivity index (χ1) is 10.2. The van der Waals surface area contributed by atoms with Gasteiger partial charge in [-0.2, -0.15) is 5.10 Å². The molecule has 0 bridgehead atoms. The molecular formula is C15H18N4O2S. The van der Waals surface area contributed by atoms with E-state index in [9.17, 15) is 8.42 Å². The highest BCUT2D eigenvalue weighted by atomic mass is 32.2. The lowest BCUT2D eigenvalue weighted by Gasteiger charge is -2.21. The van der Waals surface area contributed by atoms with Gasteiger partial charge in [-0.3, -0.25) is 4.68 Å². The Kier molecular flexibility index (Phi) is 3.14. The van der Waals surface area contributed by atoms with Crippen molar-refractivity contribution in [2.24, 2.45) is 7.05 Å². The van der Waals surface area contributed by atoms with Crippen LogP contribution in [0.5, 0.6) is 0 Å². The van der Waals surface area contributed by atoms with Crippen LogP contribution in [-0.4, -0.2) is 32.3 Å². The van der Waals surface area contributed by atoms with Crippen molar-refractivity contribution in [2.75, 3.05) is 0 Å². The summed E-state index contributed by atoms with van der Waals surface area (Å²) in [4.78, 5) is 4.50. The summed E-state index contributed by atoms with van der Waals surface area (Å²) < 4.78 is 28.4. The third-order valence-electron chi connectivity index (χ3n) is 3.58. The van der Waals surface area contributed by atoms with E-state index in [1.54, 1.807) is 73.8 Å². The molecule has 0 saturated carbocycles. The summed E-state index contributed by atoms with van der Waals surface area (Å²) in [7, 11) is -1.71. The Labute approximate surface area is 129 Å². The molecule has 3 heterocycles. The summed E-state index contributed by atoms with van der Waals surface area (Å²) in [6, 6.07) is 3.57. The summed E-state index contributed by atoms with van der Waals surface area (Å²) in [5, 5.41) is 4.34. The van der Waals surface area contributed by atoms with Gasteiger partial charge in [0.25, 0.3) is 0 Å². The summed E-state index contributed by atoms with van der Waals surface area (Å²) in [5.74, 6) is 0. The number of hydrogen-bond acceptors (Lipinski definition) is 4. The van der Waals surface area contributed by atoms with Crippen molar-refractivity contribution in [1.82, 2.24) is 19.2 Å². The second-order valence-electron chi connectivity index (χ2n) is 6.23. The smallest absolute Gasteiger partial charge is 0.185 e. The van der Waals surface area contributed by atoms with Gasteiger partial charge in [-0.05, 0) is 32.9 Å². The zero-order chi connectivity index (χ0) is 16.1. The summed E-state index contributed by atoms with van der Waals surface area (Å²) >= 11 is 0. The van der Waals surface area contributed by atoms with E-state index < -0.39 is 14.6 Å². The van der Waals surface area contributed by atoms with Crippen LogP contribution >= 0.6 is 0 Å². The largest absolute Gasteiger partial charge is 0.306 e. The lowest BCUT2D eigenvalue weighted by Crippen LogP contribution is -2.28. The van der Waals surface area contributed by atoms with Crippen molar-refractivity contribution in [3.63, 3.8) is 0 Å². The summed E-state index contributed by atoms with van der Waals surface area (Å²) in [5.41, 5.74) is 1.89. The Hall–Kier alpha value is -2.15. The highest BCUT2D eigenvalue weighted by molar-refractivity contribution is 7.92. The van der Waals surface area contributed by atoms with Gasteiger partial charge in [-0.15, -0.1) is 0 Å². The molecule has 6 nitrogen and oxygen atoms in total. The first-order valence-corrected chi connectivity index (χ1v) is 8.40. The first kappa shape index (κ1) is 14.8. The van der Waals surface area contributed by atoms with E-state index in [4.69, 9.17) is 0 Å². The Morgan fingerprint density at radius 2 is 1.91 bits per heavy atom. The van der Waals surface area contributed by atoms with Gasteiger partial charge >= 0.3 is 0 Å². The molecule has 0 aliphatic carbocycles. The van der Waals surface area contributed by atoms with Crippen molar-refractivity contribution >= 4 is 15.5 Å². The minimum atomic E-state index is -3.51. The Bertz CT molecular complexity index is 945. The minimum absolute atomic E-state index is 0.268. The van der Waals surface area contributed by atoms with Gasteiger partial charge in [-0.25, -0.2) is 13.4 Å². The van der Waals surface area contributed by atoms with Crippen molar-refractivity contribution in [3.8, 4) is 11.3 Å². The zero-order valence-corrected chi connectivity index (χ0v) is 13.8. The lowest BCUT2D eigenvalue weighted by atomic mass is 10.2. The third-order valence-corrected chi connectivity index (χ3v) is 6.10. The molecule has 0 spiro atoms. The van der Waals surface area contributed by atoms with E-state index in [1.807, 2.05) is 0 Å². The second-order valence-corrected chi connectivity index (χ2v) is 8.91. The molecule has 0 fully saturated rings. The highest BCUT2D eigenvalue weighted by Crippen LogP contribution is 2.33. The fraction of sp³-hybridized carbons (Fsp3) is 0.333. The first-order valence-electron chi connectivity index (χ1n) is 6.91. The number of rotatable bonds is 2. The Morgan fingerprint density at radius 3 is 2.50 bits per heavy atom. The van der Waals surface area contributed by atoms with Crippen molar-refractivity contribution in [2.45, 2.75) is 30.4 Å². The molecule has 7 heteroatoms. The van der Waals surface area contributed by atoms with Crippen LogP contribution in [0.25, 0.3) is 16.9 Å². The predicted octanol–water partition coefficient (Wildman–Crippen LogP) is 2.31. The van der Waals surface area contributed by atoms with Gasteiger partial charge in [0.1, 0.15) is 5.65 Å². The van der Waals surface area contributed by atoms with Gasteiger partial charge in [0, 0.05) is 37.4 Å². The van der Waals surface area contributed by atoms with Crippen LogP contribution in [0.15, 0.2) is 41.8 Å². The highest BCUT2D eigenvalue weighted by Gasteiger charge is 2.34. The van der Waals surface area contributed by atoms with Crippen LogP contribution in [-0.2, 0) is 16.9 Å². The van der Waals surface area contributed by atoms with E-state index in [0.29, 0.717) is 16.9 Å². The standard InChI is InChI=1S/C15H18N4O2S/c1-15(2,3)22(20,21)13-10-19-8-6-16-14(19)9-11(13)12-5-7-18(4)17-12/h5-10H,1-4H3. The predicted molar refractivity (Wildman–Crippen MR) is 84.3 cm³/mol. The van der Waals surface area contributed by atoms with Gasteiger partial charge in [0.2, 0.25) is 0 Å². The van der Waals surface area contributed by atoms with Crippen LogP contribution in [0.4, 0.5) is 0 Å². The fourth-order valence-corrected chi connectivity index (χ4v) is 3.61. The number of imidazole rings is 1. The molecule has 3 aromatic rings. The van der Waals surface area contributed by atoms with Gasteiger partial charge in [-0.1, -0.05) is 0 Å². The fourth-order valence-electron chi connectivity index (χ4n) is 2.24. The molecule has 0 N–H and O–H groups in total. The number of sulfone groups is 1. The molecule has 0 radical (unpaired) electrons. The quantitative estimate of drug-likeness (QED) is 0.727. The molecule has 116 valence electrons. The maximum absolute atomic E-state index is 13.0. The number of fused-ring (bicyclic) bond motifs is 1. The Balaban J connectivity index is 2.37. The van der Waals surface area contributed by atoms with Gasteiger partial charge in [0.05, 0.1) is 15.3 Å². The molecular weight excluding hydrogens is 300 g/mol. The molecule has 3 rings (SSSR count). The number of aromatic nitrogens is 4. The van der Waals surface area contributed by atoms with Crippen molar-refractivity contribution < 1.29 is 8.42 Å².